The molecule has 0 heterocycles. The predicted octanol–water partition coefficient (Wildman–Crippen LogP) is 3.18. The lowest BCUT2D eigenvalue weighted by atomic mass is 10.0. The molecule has 1 rings (SSSR count). The van der Waals surface area contributed by atoms with Gasteiger partial charge in [0.1, 0.15) is 0 Å². The highest BCUT2D eigenvalue weighted by Crippen LogP contribution is 2.21. The van der Waals surface area contributed by atoms with Crippen LogP contribution in [-0.4, -0.2) is 34.7 Å². The average Bonchev–Trinajstić information content (AvgIpc) is 2.46. The molecule has 2 N–H and O–H groups in total. The van der Waals surface area contributed by atoms with Crippen LogP contribution in [-0.2, 0) is 9.59 Å². The smallest absolute Gasteiger partial charge is 0.305 e. The van der Waals surface area contributed by atoms with E-state index >= 15 is 0 Å². The van der Waals surface area contributed by atoms with Gasteiger partial charge in [-0.3, -0.25) is 9.59 Å². The van der Waals surface area contributed by atoms with Crippen molar-refractivity contribution in [2.24, 2.45) is 0 Å². The number of hydrogen-bond acceptors (Lipinski definition) is 4. The molecular formula is C15H21NO3S2. The highest BCUT2D eigenvalue weighted by Gasteiger charge is 2.18. The zero-order valence-electron chi connectivity index (χ0n) is 12.3. The predicted molar refractivity (Wildman–Crippen MR) is 89.0 cm³/mol. The van der Waals surface area contributed by atoms with Crippen molar-refractivity contribution in [3.63, 3.8) is 0 Å². The van der Waals surface area contributed by atoms with E-state index in [1.165, 1.54) is 0 Å². The van der Waals surface area contributed by atoms with E-state index in [9.17, 15) is 9.59 Å². The monoisotopic (exact) mass is 327 g/mol. The first kappa shape index (κ1) is 17.9. The first-order valence-corrected chi connectivity index (χ1v) is 9.17. The third-order valence-electron chi connectivity index (χ3n) is 2.81. The molecule has 0 aliphatic carbocycles. The number of nitrogens with one attached hydrogen (secondary N) is 1. The van der Waals surface area contributed by atoms with Crippen molar-refractivity contribution in [1.82, 2.24) is 5.32 Å². The Bertz CT molecular complexity index is 462. The van der Waals surface area contributed by atoms with Crippen LogP contribution in [0.3, 0.4) is 0 Å². The maximum absolute atomic E-state index is 11.9. The molecule has 0 aliphatic rings. The van der Waals surface area contributed by atoms with Gasteiger partial charge < -0.3 is 10.4 Å². The maximum Gasteiger partial charge on any atom is 0.305 e. The summed E-state index contributed by atoms with van der Waals surface area (Å²) in [6, 6.07) is 7.14. The fourth-order valence-electron chi connectivity index (χ4n) is 1.81. The van der Waals surface area contributed by atoms with Crippen molar-refractivity contribution in [2.45, 2.75) is 30.7 Å². The zero-order valence-corrected chi connectivity index (χ0v) is 13.9. The van der Waals surface area contributed by atoms with Gasteiger partial charge >= 0.3 is 5.97 Å². The van der Waals surface area contributed by atoms with Crippen LogP contribution in [0.5, 0.6) is 0 Å². The van der Waals surface area contributed by atoms with Crippen LogP contribution < -0.4 is 5.32 Å². The summed E-state index contributed by atoms with van der Waals surface area (Å²) in [5.41, 5.74) is 0.823. The molecule has 0 spiro atoms. The minimum Gasteiger partial charge on any atom is -0.481 e. The number of carboxylic acids is 1. The van der Waals surface area contributed by atoms with Crippen LogP contribution in [0, 0.1) is 0 Å². The fraction of sp³-hybridized carbons (Fsp3) is 0.467. The third-order valence-corrected chi connectivity index (χ3v) is 4.72. The van der Waals surface area contributed by atoms with Gasteiger partial charge in [0.25, 0.3) is 0 Å². The Hall–Kier alpha value is -1.14. The number of rotatable bonds is 9. The van der Waals surface area contributed by atoms with E-state index in [2.05, 4.69) is 12.2 Å². The van der Waals surface area contributed by atoms with Gasteiger partial charge in [-0.15, -0.1) is 11.8 Å². The summed E-state index contributed by atoms with van der Waals surface area (Å²) in [7, 11) is 0. The summed E-state index contributed by atoms with van der Waals surface area (Å²) in [6.45, 7) is 2.06. The number of carbonyl (C=O) groups is 2. The van der Waals surface area contributed by atoms with Gasteiger partial charge in [-0.1, -0.05) is 19.1 Å². The average molecular weight is 327 g/mol. The van der Waals surface area contributed by atoms with Crippen molar-refractivity contribution >= 4 is 35.4 Å². The second-order valence-electron chi connectivity index (χ2n) is 4.54. The fourth-order valence-corrected chi connectivity index (χ4v) is 2.92. The number of benzene rings is 1. The maximum atomic E-state index is 11.9. The Kier molecular flexibility index (Phi) is 8.30. The quantitative estimate of drug-likeness (QED) is 0.538. The van der Waals surface area contributed by atoms with Crippen LogP contribution in [0.1, 0.15) is 31.4 Å². The molecule has 21 heavy (non-hydrogen) atoms. The summed E-state index contributed by atoms with van der Waals surface area (Å²) < 4.78 is 0. The lowest BCUT2D eigenvalue weighted by Gasteiger charge is -2.17. The van der Waals surface area contributed by atoms with Gasteiger partial charge in [0.05, 0.1) is 18.2 Å². The summed E-state index contributed by atoms with van der Waals surface area (Å²) in [5, 5.41) is 11.8. The van der Waals surface area contributed by atoms with Crippen LogP contribution in [0.2, 0.25) is 0 Å². The summed E-state index contributed by atoms with van der Waals surface area (Å²) in [5.74, 6) is 0.260. The van der Waals surface area contributed by atoms with E-state index < -0.39 is 12.0 Å². The SMILES string of the molecule is CCCSCC(=O)NC(CC(=O)O)c1ccc(SC)cc1. The molecule has 0 radical (unpaired) electrons. The van der Waals surface area contributed by atoms with Crippen molar-refractivity contribution in [2.75, 3.05) is 17.8 Å². The third kappa shape index (κ3) is 6.91. The van der Waals surface area contributed by atoms with E-state index in [-0.39, 0.29) is 12.3 Å². The second kappa shape index (κ2) is 9.73. The number of aliphatic carboxylic acids is 1. The first-order valence-electron chi connectivity index (χ1n) is 6.79. The standard InChI is InChI=1S/C15H21NO3S2/c1-3-8-21-10-14(17)16-13(9-15(18)19)11-4-6-12(20-2)7-5-11/h4-7,13H,3,8-10H2,1-2H3,(H,16,17)(H,18,19). The molecule has 0 fully saturated rings. The molecule has 0 saturated heterocycles. The molecule has 0 aliphatic heterocycles. The number of carboxylic acid groups (broad SMARTS) is 1. The molecule has 1 amide bonds. The van der Waals surface area contributed by atoms with E-state index in [0.29, 0.717) is 5.75 Å². The minimum absolute atomic E-state index is 0.108. The first-order chi connectivity index (χ1) is 10.1. The van der Waals surface area contributed by atoms with E-state index in [1.807, 2.05) is 30.5 Å². The molecule has 116 valence electrons. The molecule has 4 nitrogen and oxygen atoms in total. The van der Waals surface area contributed by atoms with Gasteiger partial charge in [0.2, 0.25) is 5.91 Å². The van der Waals surface area contributed by atoms with Crippen LogP contribution in [0.25, 0.3) is 0 Å². The Balaban J connectivity index is 2.70. The number of thioether (sulfide) groups is 2. The summed E-state index contributed by atoms with van der Waals surface area (Å²) in [6.07, 6.45) is 2.89. The summed E-state index contributed by atoms with van der Waals surface area (Å²) >= 11 is 3.18. The molecule has 0 saturated carbocycles. The zero-order chi connectivity index (χ0) is 15.7. The van der Waals surface area contributed by atoms with Crippen molar-refractivity contribution < 1.29 is 14.7 Å². The van der Waals surface area contributed by atoms with Gasteiger partial charge in [0.15, 0.2) is 0 Å². The number of carbonyl (C=O) groups excluding carboxylic acids is 1. The Morgan fingerprint density at radius 1 is 1.29 bits per heavy atom. The van der Waals surface area contributed by atoms with Crippen LogP contribution >= 0.6 is 23.5 Å². The number of amides is 1. The van der Waals surface area contributed by atoms with Crippen molar-refractivity contribution in [1.29, 1.82) is 0 Å². The molecule has 1 aromatic rings. The van der Waals surface area contributed by atoms with Gasteiger partial charge in [-0.2, -0.15) is 11.8 Å². The Labute approximate surface area is 134 Å². The largest absolute Gasteiger partial charge is 0.481 e. The second-order valence-corrected chi connectivity index (χ2v) is 6.53. The molecule has 6 heteroatoms. The Morgan fingerprint density at radius 2 is 1.95 bits per heavy atom. The summed E-state index contributed by atoms with van der Waals surface area (Å²) in [4.78, 5) is 24.0. The molecular weight excluding hydrogens is 306 g/mol. The molecule has 1 atom stereocenters. The van der Waals surface area contributed by atoms with Gasteiger partial charge in [-0.05, 0) is 36.1 Å². The highest BCUT2D eigenvalue weighted by atomic mass is 32.2. The van der Waals surface area contributed by atoms with E-state index in [4.69, 9.17) is 5.11 Å². The normalized spacial score (nSPS) is 11.9. The minimum atomic E-state index is -0.921. The van der Waals surface area contributed by atoms with Crippen LogP contribution in [0.15, 0.2) is 29.2 Å². The van der Waals surface area contributed by atoms with Gasteiger partial charge in [-0.25, -0.2) is 0 Å². The van der Waals surface area contributed by atoms with Crippen LogP contribution in [0.4, 0.5) is 0 Å². The number of hydrogen-bond donors (Lipinski definition) is 2. The van der Waals surface area contributed by atoms with Crippen molar-refractivity contribution in [3.8, 4) is 0 Å². The topological polar surface area (TPSA) is 66.4 Å². The molecule has 0 aromatic heterocycles. The van der Waals surface area contributed by atoms with E-state index in [0.717, 1.165) is 22.6 Å². The Morgan fingerprint density at radius 3 is 2.48 bits per heavy atom. The lowest BCUT2D eigenvalue weighted by molar-refractivity contribution is -0.137. The molecule has 0 bridgehead atoms. The molecule has 1 aromatic carbocycles. The highest BCUT2D eigenvalue weighted by molar-refractivity contribution is 7.99. The lowest BCUT2D eigenvalue weighted by Crippen LogP contribution is -2.31. The van der Waals surface area contributed by atoms with E-state index in [1.54, 1.807) is 23.5 Å². The van der Waals surface area contributed by atoms with Crippen molar-refractivity contribution in [3.05, 3.63) is 29.8 Å². The molecule has 1 unspecified atom stereocenters. The van der Waals surface area contributed by atoms with Gasteiger partial charge in [0, 0.05) is 4.90 Å².